The molecular weight excluding hydrogens is 102 g/mol. The Labute approximate surface area is 47.9 Å². The molecule has 8 heavy (non-hydrogen) atoms. The van der Waals surface area contributed by atoms with Crippen molar-refractivity contribution in [2.75, 3.05) is 0 Å². The lowest BCUT2D eigenvalue weighted by Gasteiger charge is -1.98. The maximum atomic E-state index is 10.4. The van der Waals surface area contributed by atoms with Crippen molar-refractivity contribution in [3.63, 3.8) is 0 Å². The molecule has 0 saturated heterocycles. The van der Waals surface area contributed by atoms with Crippen molar-refractivity contribution in [2.24, 2.45) is 0 Å². The van der Waals surface area contributed by atoms with Crippen LogP contribution in [-0.4, -0.2) is 5.91 Å². The summed E-state index contributed by atoms with van der Waals surface area (Å²) in [7, 11) is 0. The van der Waals surface area contributed by atoms with Gasteiger partial charge in [0, 0.05) is 17.8 Å². The Morgan fingerprint density at radius 3 is 2.88 bits per heavy atom. The van der Waals surface area contributed by atoms with Gasteiger partial charge in [0.2, 0.25) is 0 Å². The first-order valence-corrected chi connectivity index (χ1v) is 2.31. The Morgan fingerprint density at radius 2 is 2.50 bits per heavy atom. The lowest BCUT2D eigenvalue weighted by atomic mass is 10.3. The third-order valence-corrected chi connectivity index (χ3v) is 0.796. The smallest absolute Gasteiger partial charge is 0.267 e. The van der Waals surface area contributed by atoms with Crippen LogP contribution in [0.3, 0.4) is 0 Å². The van der Waals surface area contributed by atoms with Crippen LogP contribution < -0.4 is 5.32 Å². The van der Waals surface area contributed by atoms with Crippen LogP contribution in [-0.2, 0) is 4.79 Å². The van der Waals surface area contributed by atoms with E-state index in [9.17, 15) is 4.79 Å². The Hall–Kier alpha value is -1.05. The highest BCUT2D eigenvalue weighted by Crippen LogP contribution is 1.94. The van der Waals surface area contributed by atoms with Crippen LogP contribution in [0.1, 0.15) is 6.92 Å². The second kappa shape index (κ2) is 1.82. The van der Waals surface area contributed by atoms with E-state index < -0.39 is 0 Å². The van der Waals surface area contributed by atoms with Crippen LogP contribution >= 0.6 is 0 Å². The first-order chi connectivity index (χ1) is 3.79. The topological polar surface area (TPSA) is 31.2 Å². The van der Waals surface area contributed by atoms with Crippen molar-refractivity contribution < 1.29 is 4.79 Å². The zero-order chi connectivity index (χ0) is 5.98. The minimum absolute atomic E-state index is 0.193. The molecule has 0 N–H and O–H groups in total. The molecule has 1 aliphatic rings. The van der Waals surface area contributed by atoms with Crippen molar-refractivity contribution in [1.29, 1.82) is 0 Å². The van der Waals surface area contributed by atoms with Crippen LogP contribution in [0.2, 0.25) is 0 Å². The highest BCUT2D eigenvalue weighted by molar-refractivity contribution is 5.89. The van der Waals surface area contributed by atoms with E-state index in [-0.39, 0.29) is 5.91 Å². The Bertz CT molecular complexity index is 167. The van der Waals surface area contributed by atoms with Crippen molar-refractivity contribution in [1.82, 2.24) is 5.32 Å². The molecule has 2 nitrogen and oxygen atoms in total. The Morgan fingerprint density at radius 1 is 1.75 bits per heavy atom. The van der Waals surface area contributed by atoms with E-state index in [0.29, 0.717) is 5.70 Å². The molecule has 2 heteroatoms. The lowest BCUT2D eigenvalue weighted by Crippen LogP contribution is -2.12. The first-order valence-electron chi connectivity index (χ1n) is 2.31. The lowest BCUT2D eigenvalue weighted by molar-refractivity contribution is -0.116. The fourth-order valence-corrected chi connectivity index (χ4v) is 0.468. The molecule has 0 aromatic heterocycles. The number of hydrogen-bond donors (Lipinski definition) is 0. The highest BCUT2D eigenvalue weighted by atomic mass is 16.1. The van der Waals surface area contributed by atoms with Crippen LogP contribution in [0.4, 0.5) is 0 Å². The van der Waals surface area contributed by atoms with Gasteiger partial charge in [-0.1, -0.05) is 0 Å². The average Bonchev–Trinajstić information content (AvgIpc) is 1.64. The van der Waals surface area contributed by atoms with Crippen molar-refractivity contribution in [2.45, 2.75) is 6.92 Å². The zero-order valence-corrected chi connectivity index (χ0v) is 4.51. The molecule has 0 fully saturated rings. The maximum absolute atomic E-state index is 10.4. The second-order valence-corrected chi connectivity index (χ2v) is 1.51. The minimum atomic E-state index is -0.193. The molecule has 0 unspecified atom stereocenters. The molecule has 1 rings (SSSR count). The summed E-state index contributed by atoms with van der Waals surface area (Å²) in [4.78, 5) is 10.4. The third kappa shape index (κ3) is 0.964. The average molecular weight is 107 g/mol. The standard InChI is InChI=1S/C6H5NO/c1-5-3-2-4-6(8)7-5/h2,4H,1H3. The van der Waals surface area contributed by atoms with E-state index in [4.69, 9.17) is 0 Å². The van der Waals surface area contributed by atoms with Gasteiger partial charge < -0.3 is 0 Å². The monoisotopic (exact) mass is 107 g/mol. The molecule has 2 radical (unpaired) electrons. The molecule has 0 atom stereocenters. The molecule has 1 amide bonds. The number of carbonyl (C=O) groups is 1. The van der Waals surface area contributed by atoms with Gasteiger partial charge in [0.05, 0.1) is 0 Å². The largest absolute Gasteiger partial charge is 0.269 e. The summed E-state index contributed by atoms with van der Waals surface area (Å²) in [6.45, 7) is 1.74. The number of allylic oxidation sites excluding steroid dienone is 3. The summed E-state index contributed by atoms with van der Waals surface area (Å²) in [5, 5.41) is 3.56. The quantitative estimate of drug-likeness (QED) is 0.440. The predicted molar refractivity (Wildman–Crippen MR) is 28.7 cm³/mol. The van der Waals surface area contributed by atoms with Gasteiger partial charge in [0.1, 0.15) is 0 Å². The van der Waals surface area contributed by atoms with Gasteiger partial charge in [-0.2, -0.15) is 0 Å². The van der Waals surface area contributed by atoms with E-state index >= 15 is 0 Å². The number of carbonyl (C=O) groups excluding carboxylic acids is 1. The van der Waals surface area contributed by atoms with Gasteiger partial charge in [-0.05, 0) is 13.0 Å². The summed E-state index contributed by atoms with van der Waals surface area (Å²) in [5.74, 6) is -0.193. The molecular formula is C6H5NO. The number of nitrogens with zero attached hydrogens (tertiary/aromatic N) is 1. The van der Waals surface area contributed by atoms with Gasteiger partial charge in [0.25, 0.3) is 5.91 Å². The van der Waals surface area contributed by atoms with Gasteiger partial charge in [-0.15, -0.1) is 0 Å². The molecule has 0 bridgehead atoms. The number of hydrogen-bond acceptors (Lipinski definition) is 1. The molecule has 1 aliphatic heterocycles. The predicted octanol–water partition coefficient (Wildman–Crippen LogP) is 0.394. The van der Waals surface area contributed by atoms with Gasteiger partial charge >= 0.3 is 0 Å². The summed E-state index contributed by atoms with van der Waals surface area (Å²) < 4.78 is 0. The molecule has 1 heterocycles. The second-order valence-electron chi connectivity index (χ2n) is 1.51. The third-order valence-electron chi connectivity index (χ3n) is 0.796. The van der Waals surface area contributed by atoms with Crippen LogP contribution in [0.25, 0.3) is 0 Å². The van der Waals surface area contributed by atoms with Crippen molar-refractivity contribution in [3.05, 3.63) is 23.9 Å². The molecule has 0 spiro atoms. The summed E-state index contributed by atoms with van der Waals surface area (Å²) in [5.41, 5.74) is 0.650. The van der Waals surface area contributed by atoms with Crippen LogP contribution in [0.15, 0.2) is 17.8 Å². The molecule has 0 saturated carbocycles. The Balaban J connectivity index is 2.73. The zero-order valence-electron chi connectivity index (χ0n) is 4.51. The van der Waals surface area contributed by atoms with Gasteiger partial charge in [0.15, 0.2) is 0 Å². The van der Waals surface area contributed by atoms with E-state index in [2.05, 4.69) is 11.4 Å². The number of rotatable bonds is 0. The van der Waals surface area contributed by atoms with Crippen LogP contribution in [0, 0.1) is 6.08 Å². The fourth-order valence-electron chi connectivity index (χ4n) is 0.468. The first kappa shape index (κ1) is 5.09. The molecule has 0 aromatic rings. The summed E-state index contributed by atoms with van der Waals surface area (Å²) >= 11 is 0. The molecule has 40 valence electrons. The van der Waals surface area contributed by atoms with Gasteiger partial charge in [-0.3, -0.25) is 4.79 Å². The van der Waals surface area contributed by atoms with Crippen molar-refractivity contribution >= 4 is 5.91 Å². The molecule has 0 aromatic carbocycles. The minimum Gasteiger partial charge on any atom is -0.267 e. The van der Waals surface area contributed by atoms with E-state index in [0.717, 1.165) is 0 Å². The van der Waals surface area contributed by atoms with E-state index in [1.54, 1.807) is 13.0 Å². The number of amides is 1. The van der Waals surface area contributed by atoms with Crippen LogP contribution in [0.5, 0.6) is 0 Å². The van der Waals surface area contributed by atoms with E-state index in [1.807, 2.05) is 0 Å². The fraction of sp³-hybridized carbons (Fsp3) is 0.167. The van der Waals surface area contributed by atoms with Gasteiger partial charge in [-0.25, -0.2) is 5.32 Å². The summed E-state index contributed by atoms with van der Waals surface area (Å²) in [6, 6.07) is 0. The summed E-state index contributed by atoms with van der Waals surface area (Å²) in [6.07, 6.45) is 5.72. The normalized spacial score (nSPS) is 17.6. The van der Waals surface area contributed by atoms with Crippen molar-refractivity contribution in [3.8, 4) is 0 Å². The van der Waals surface area contributed by atoms with E-state index in [1.165, 1.54) is 6.08 Å². The molecule has 0 aliphatic carbocycles. The SMILES string of the molecule is CC1=[C]C=CC(=O)[N]1. The maximum Gasteiger partial charge on any atom is 0.269 e. The Kier molecular flexibility index (Phi) is 1.16. The highest BCUT2D eigenvalue weighted by Gasteiger charge is 2.00.